The molecule has 5 aliphatic rings. The van der Waals surface area contributed by atoms with Crippen molar-refractivity contribution in [3.8, 4) is 0 Å². The molecule has 0 aromatic rings. The van der Waals surface area contributed by atoms with Crippen molar-refractivity contribution in [2.24, 2.45) is 62.6 Å². The van der Waals surface area contributed by atoms with Gasteiger partial charge in [0.05, 0.1) is 5.41 Å². The molecular weight excluding hydrogens is 448 g/mol. The number of carbonyl (C=O) groups excluding carboxylic acids is 1. The Labute approximate surface area is 219 Å². The van der Waals surface area contributed by atoms with Crippen LogP contribution in [0.5, 0.6) is 0 Å². The molecule has 5 fully saturated rings. The molecule has 0 aromatic carbocycles. The van der Waals surface area contributed by atoms with Crippen LogP contribution in [0.2, 0.25) is 0 Å². The van der Waals surface area contributed by atoms with E-state index < -0.39 is 11.4 Å². The van der Waals surface area contributed by atoms with E-state index in [0.29, 0.717) is 35.5 Å². The van der Waals surface area contributed by atoms with Crippen molar-refractivity contribution in [2.75, 3.05) is 0 Å². The van der Waals surface area contributed by atoms with Crippen LogP contribution in [0, 0.1) is 62.6 Å². The average molecular weight is 501 g/mol. The summed E-state index contributed by atoms with van der Waals surface area (Å²) in [6.45, 7) is 18.7. The van der Waals surface area contributed by atoms with Crippen molar-refractivity contribution in [3.05, 3.63) is 0 Å². The second-order valence-corrected chi connectivity index (χ2v) is 15.6. The van der Waals surface area contributed by atoms with Crippen LogP contribution in [0.1, 0.15) is 120 Å². The lowest BCUT2D eigenvalue weighted by Crippen LogP contribution is -2.67. The number of rotatable bonds is 3. The molecule has 4 heteroatoms. The molecule has 0 aliphatic heterocycles. The second-order valence-electron chi connectivity index (χ2n) is 15.6. The molecule has 204 valence electrons. The molecule has 0 heterocycles. The number of carboxylic acid groups (broad SMARTS) is 1. The fraction of sp³-hybridized carbons (Fsp3) is 0.938. The van der Waals surface area contributed by atoms with Gasteiger partial charge in [-0.25, -0.2) is 0 Å². The molecule has 36 heavy (non-hydrogen) atoms. The monoisotopic (exact) mass is 500 g/mol. The first-order chi connectivity index (χ1) is 16.6. The Bertz CT molecular complexity index is 923. The molecule has 3 unspecified atom stereocenters. The number of hydrogen-bond acceptors (Lipinski definition) is 3. The predicted octanol–water partition coefficient (Wildman–Crippen LogP) is 7.74. The maximum atomic E-state index is 12.8. The smallest absolute Gasteiger partial charge is 0.309 e. The molecule has 0 bridgehead atoms. The van der Waals surface area contributed by atoms with E-state index in [-0.39, 0.29) is 33.7 Å². The Balaban J connectivity index is 1.52. The fourth-order valence-electron chi connectivity index (χ4n) is 12.1. The minimum absolute atomic E-state index is 0.0144. The molecule has 0 amide bonds. The first-order valence-corrected chi connectivity index (χ1v) is 15.1. The molecule has 5 rings (SSSR count). The molecular formula is C32H52O4. The Morgan fingerprint density at radius 2 is 1.50 bits per heavy atom. The van der Waals surface area contributed by atoms with Crippen LogP contribution in [-0.4, -0.2) is 23.1 Å². The summed E-state index contributed by atoms with van der Waals surface area (Å²) < 4.78 is 5.89. The fourth-order valence-corrected chi connectivity index (χ4v) is 12.1. The zero-order valence-electron chi connectivity index (χ0n) is 24.3. The van der Waals surface area contributed by atoms with Crippen LogP contribution in [-0.2, 0) is 14.3 Å². The Morgan fingerprint density at radius 3 is 2.11 bits per heavy atom. The van der Waals surface area contributed by atoms with E-state index in [0.717, 1.165) is 38.5 Å². The Morgan fingerprint density at radius 1 is 0.806 bits per heavy atom. The lowest BCUT2D eigenvalue weighted by atomic mass is 9.32. The summed E-state index contributed by atoms with van der Waals surface area (Å²) in [7, 11) is 0. The van der Waals surface area contributed by atoms with Gasteiger partial charge < -0.3 is 9.84 Å². The average Bonchev–Trinajstić information content (AvgIpc) is 3.17. The van der Waals surface area contributed by atoms with Crippen molar-refractivity contribution in [2.45, 2.75) is 126 Å². The Kier molecular flexibility index (Phi) is 6.06. The maximum absolute atomic E-state index is 12.8. The minimum Gasteiger partial charge on any atom is -0.481 e. The molecule has 1 N–H and O–H groups in total. The van der Waals surface area contributed by atoms with E-state index in [1.165, 1.54) is 25.7 Å². The van der Waals surface area contributed by atoms with Gasteiger partial charge in [0, 0.05) is 12.3 Å². The van der Waals surface area contributed by atoms with Gasteiger partial charge in [-0.2, -0.15) is 0 Å². The first kappa shape index (κ1) is 26.5. The summed E-state index contributed by atoms with van der Waals surface area (Å²) in [5.74, 6) is 2.48. The van der Waals surface area contributed by atoms with E-state index in [9.17, 15) is 14.7 Å². The van der Waals surface area contributed by atoms with Gasteiger partial charge in [0.1, 0.15) is 6.10 Å². The number of hydrogen-bond donors (Lipinski definition) is 1. The Hall–Kier alpha value is -1.06. The molecule has 10 atom stereocenters. The van der Waals surface area contributed by atoms with Crippen molar-refractivity contribution in [3.63, 3.8) is 0 Å². The van der Waals surface area contributed by atoms with Gasteiger partial charge in [0.25, 0.3) is 0 Å². The maximum Gasteiger partial charge on any atom is 0.309 e. The molecule has 5 saturated carbocycles. The van der Waals surface area contributed by atoms with E-state index in [4.69, 9.17) is 4.74 Å². The number of esters is 1. The van der Waals surface area contributed by atoms with E-state index in [2.05, 4.69) is 48.5 Å². The molecule has 0 radical (unpaired) electrons. The third-order valence-corrected chi connectivity index (χ3v) is 14.0. The number of aliphatic carboxylic acids is 1. The zero-order valence-corrected chi connectivity index (χ0v) is 24.3. The third-order valence-electron chi connectivity index (χ3n) is 14.0. The highest BCUT2D eigenvalue weighted by Crippen LogP contribution is 2.77. The van der Waals surface area contributed by atoms with Crippen molar-refractivity contribution in [1.82, 2.24) is 0 Å². The van der Waals surface area contributed by atoms with E-state index in [1.807, 2.05) is 0 Å². The topological polar surface area (TPSA) is 63.6 Å². The van der Waals surface area contributed by atoms with Gasteiger partial charge in [-0.05, 0) is 116 Å². The van der Waals surface area contributed by atoms with Crippen LogP contribution in [0.3, 0.4) is 0 Å². The summed E-state index contributed by atoms with van der Waals surface area (Å²) in [6, 6.07) is 0. The summed E-state index contributed by atoms with van der Waals surface area (Å²) >= 11 is 0. The van der Waals surface area contributed by atoms with Gasteiger partial charge in [0.15, 0.2) is 0 Å². The van der Waals surface area contributed by atoms with Crippen LogP contribution < -0.4 is 0 Å². The second kappa shape index (κ2) is 8.22. The number of fused-ring (bicyclic) bond motifs is 7. The van der Waals surface area contributed by atoms with Crippen molar-refractivity contribution in [1.29, 1.82) is 0 Å². The van der Waals surface area contributed by atoms with Crippen molar-refractivity contribution < 1.29 is 19.4 Å². The standard InChI is InChI=1S/C32H52O4/c1-19(2)21-11-16-32(27(34)35)18-17-30(7)22(26(21)32)9-10-24-29(6)14-13-25(36-20(3)33)28(4,5)23(29)12-15-31(24,30)8/h19,21-26H,9-18H2,1-8H3,(H,34,35)/t21-,22+,23?,24?,25-,26?,29-,30+,31+,32-/m0/s1. The lowest BCUT2D eigenvalue weighted by Gasteiger charge is -2.72. The van der Waals surface area contributed by atoms with E-state index in [1.54, 1.807) is 6.92 Å². The van der Waals surface area contributed by atoms with Gasteiger partial charge in [-0.15, -0.1) is 0 Å². The van der Waals surface area contributed by atoms with Gasteiger partial charge >= 0.3 is 11.9 Å². The lowest BCUT2D eigenvalue weighted by molar-refractivity contribution is -0.251. The number of ether oxygens (including phenoxy) is 1. The summed E-state index contributed by atoms with van der Waals surface area (Å²) in [5, 5.41) is 10.6. The largest absolute Gasteiger partial charge is 0.481 e. The molecule has 0 saturated heterocycles. The van der Waals surface area contributed by atoms with Gasteiger partial charge in [0.2, 0.25) is 0 Å². The highest BCUT2D eigenvalue weighted by Gasteiger charge is 2.72. The third kappa shape index (κ3) is 3.23. The van der Waals surface area contributed by atoms with Crippen LogP contribution in [0.15, 0.2) is 0 Å². The predicted molar refractivity (Wildman–Crippen MR) is 142 cm³/mol. The molecule has 5 aliphatic carbocycles. The number of carbonyl (C=O) groups is 2. The number of carboxylic acids is 1. The van der Waals surface area contributed by atoms with Crippen LogP contribution in [0.25, 0.3) is 0 Å². The first-order valence-electron chi connectivity index (χ1n) is 15.1. The normalized spacial score (nSPS) is 51.5. The van der Waals surface area contributed by atoms with Crippen molar-refractivity contribution >= 4 is 11.9 Å². The van der Waals surface area contributed by atoms with Gasteiger partial charge in [-0.3, -0.25) is 9.59 Å². The summed E-state index contributed by atoms with van der Waals surface area (Å²) in [6.07, 6.45) is 10.9. The van der Waals surface area contributed by atoms with Crippen LogP contribution in [0.4, 0.5) is 0 Å². The quantitative estimate of drug-likeness (QED) is 0.403. The molecule has 4 nitrogen and oxygen atoms in total. The SMILES string of the molecule is CC(=O)O[C@H]1CC[C@@]2(C)C(CC[C@]3(C)C2CC[C@@H]2C4[C@H](C(C)C)CC[C@]4(C(=O)O)CC[C@]23C)C1(C)C. The molecule has 0 aromatic heterocycles. The van der Waals surface area contributed by atoms with E-state index >= 15 is 0 Å². The summed E-state index contributed by atoms with van der Waals surface area (Å²) in [4.78, 5) is 24.7. The van der Waals surface area contributed by atoms with Crippen LogP contribution >= 0.6 is 0 Å². The summed E-state index contributed by atoms with van der Waals surface area (Å²) in [5.41, 5.74) is 0.169. The minimum atomic E-state index is -0.508. The highest BCUT2D eigenvalue weighted by atomic mass is 16.5. The van der Waals surface area contributed by atoms with Gasteiger partial charge in [-0.1, -0.05) is 48.5 Å². The highest BCUT2D eigenvalue weighted by molar-refractivity contribution is 5.76. The molecule has 0 spiro atoms. The zero-order chi connectivity index (χ0) is 26.5.